The molecule has 2 saturated heterocycles. The minimum Gasteiger partial charge on any atom is -0.388 e. The van der Waals surface area contributed by atoms with Gasteiger partial charge in [0.1, 0.15) is 29.9 Å². The number of hydrogen-bond donors (Lipinski definition) is 5. The zero-order chi connectivity index (χ0) is 24.2. The van der Waals surface area contributed by atoms with Crippen LogP contribution in [0.4, 0.5) is 13.2 Å². The predicted molar refractivity (Wildman–Crippen MR) is 115 cm³/mol. The highest BCUT2D eigenvalue weighted by Crippen LogP contribution is 2.30. The molecule has 1 amide bonds. The molecule has 0 bridgehead atoms. The standard InChI is InChI=1S/C20H36F3N3O5S/c1-5-6-11-7-12(26(3)8-11)18(30)25-13(10(2)24-9-20(21,22)23)17-15(28)14(27)16(29)19(31-17)32-4/h10-17,19,24,27-29H,5-9H2,1-4H3,(H,25,30)/t10-,11+,12-,13+,14?,15?,16+,17+,19?/m0/s1. The minimum absolute atomic E-state index is 0.356. The fourth-order valence-corrected chi connectivity index (χ4v) is 5.23. The summed E-state index contributed by atoms with van der Waals surface area (Å²) in [4.78, 5) is 15.0. The second-order valence-electron chi connectivity index (χ2n) is 8.84. The average molecular weight is 488 g/mol. The van der Waals surface area contributed by atoms with Gasteiger partial charge in [-0.1, -0.05) is 13.3 Å². The zero-order valence-electron chi connectivity index (χ0n) is 18.9. The molecule has 5 N–H and O–H groups in total. The molecule has 2 heterocycles. The van der Waals surface area contributed by atoms with Crippen LogP contribution >= 0.6 is 11.8 Å². The molecule has 0 radical (unpaired) electrons. The second kappa shape index (κ2) is 11.7. The number of halogens is 3. The van der Waals surface area contributed by atoms with Crippen LogP contribution in [0, 0.1) is 5.92 Å². The Morgan fingerprint density at radius 3 is 2.47 bits per heavy atom. The third-order valence-corrected chi connectivity index (χ3v) is 7.15. The second-order valence-corrected chi connectivity index (χ2v) is 9.78. The lowest BCUT2D eigenvalue weighted by Gasteiger charge is -2.45. The molecular formula is C20H36F3N3O5S. The minimum atomic E-state index is -4.47. The molecule has 2 aliphatic heterocycles. The van der Waals surface area contributed by atoms with E-state index in [1.165, 1.54) is 6.92 Å². The fraction of sp³-hybridized carbons (Fsp3) is 0.950. The lowest BCUT2D eigenvalue weighted by atomic mass is 9.90. The molecule has 3 unspecified atom stereocenters. The molecule has 8 nitrogen and oxygen atoms in total. The molecule has 9 atom stereocenters. The van der Waals surface area contributed by atoms with Crippen molar-refractivity contribution in [2.45, 2.75) is 87.3 Å². The highest BCUT2D eigenvalue weighted by atomic mass is 32.2. The van der Waals surface area contributed by atoms with E-state index in [2.05, 4.69) is 17.6 Å². The van der Waals surface area contributed by atoms with Gasteiger partial charge in [-0.15, -0.1) is 11.8 Å². The van der Waals surface area contributed by atoms with Gasteiger partial charge in [0.2, 0.25) is 5.91 Å². The summed E-state index contributed by atoms with van der Waals surface area (Å²) in [5, 5.41) is 36.1. The highest BCUT2D eigenvalue weighted by Gasteiger charge is 2.49. The van der Waals surface area contributed by atoms with Crippen molar-refractivity contribution in [3.8, 4) is 0 Å². The highest BCUT2D eigenvalue weighted by molar-refractivity contribution is 7.99. The van der Waals surface area contributed by atoms with Crippen LogP contribution in [0.5, 0.6) is 0 Å². The number of carbonyl (C=O) groups is 1. The van der Waals surface area contributed by atoms with Crippen LogP contribution in [0.1, 0.15) is 33.1 Å². The number of ether oxygens (including phenoxy) is 1. The maximum Gasteiger partial charge on any atom is 0.401 e. The average Bonchev–Trinajstić information content (AvgIpc) is 3.09. The number of aliphatic hydroxyl groups is 3. The van der Waals surface area contributed by atoms with Crippen LogP contribution in [0.15, 0.2) is 0 Å². The number of aliphatic hydroxyl groups excluding tert-OH is 3. The number of amides is 1. The summed E-state index contributed by atoms with van der Waals surface area (Å²) in [6.07, 6.45) is -5.98. The van der Waals surface area contributed by atoms with E-state index in [1.54, 1.807) is 6.26 Å². The summed E-state index contributed by atoms with van der Waals surface area (Å²) in [7, 11) is 1.83. The van der Waals surface area contributed by atoms with Gasteiger partial charge in [-0.25, -0.2) is 0 Å². The third-order valence-electron chi connectivity index (χ3n) is 6.30. The Morgan fingerprint density at radius 2 is 1.91 bits per heavy atom. The van der Waals surface area contributed by atoms with Gasteiger partial charge in [-0.2, -0.15) is 13.2 Å². The predicted octanol–water partition coefficient (Wildman–Crippen LogP) is 0.303. The Hall–Kier alpha value is -0.630. The fourth-order valence-electron chi connectivity index (χ4n) is 4.55. The van der Waals surface area contributed by atoms with Gasteiger partial charge in [0.25, 0.3) is 0 Å². The normalized spacial score (nSPS) is 36.1. The summed E-state index contributed by atoms with van der Waals surface area (Å²) in [5.74, 6) is -0.0109. The molecule has 2 fully saturated rings. The van der Waals surface area contributed by atoms with E-state index < -0.39 is 60.7 Å². The molecular weight excluding hydrogens is 451 g/mol. The maximum atomic E-state index is 13.1. The van der Waals surface area contributed by atoms with Crippen LogP contribution in [0.2, 0.25) is 0 Å². The molecule has 12 heteroatoms. The lowest BCUT2D eigenvalue weighted by Crippen LogP contribution is -2.67. The molecule has 2 rings (SSSR count). The van der Waals surface area contributed by atoms with Gasteiger partial charge in [-0.05, 0) is 39.0 Å². The SMILES string of the molecule is CCC[C@@H]1C[C@@H](C(=O)N[C@H]([C@H](C)NCC(F)(F)F)[C@H]2OC(SC)[C@H](O)C(O)C2O)N(C)C1. The molecule has 0 aromatic carbocycles. The first-order valence-corrected chi connectivity index (χ1v) is 12.2. The Bertz CT molecular complexity index is 616. The van der Waals surface area contributed by atoms with Crippen LogP contribution in [0.25, 0.3) is 0 Å². The molecule has 0 aromatic rings. The zero-order valence-corrected chi connectivity index (χ0v) is 19.7. The van der Waals surface area contributed by atoms with Gasteiger partial charge >= 0.3 is 6.18 Å². The number of hydrogen-bond acceptors (Lipinski definition) is 8. The Balaban J connectivity index is 2.21. The van der Waals surface area contributed by atoms with E-state index in [0.29, 0.717) is 12.3 Å². The molecule has 188 valence electrons. The number of thioether (sulfide) groups is 1. The summed E-state index contributed by atoms with van der Waals surface area (Å²) in [6.45, 7) is 2.99. The van der Waals surface area contributed by atoms with Crippen LogP contribution < -0.4 is 10.6 Å². The van der Waals surface area contributed by atoms with Crippen molar-refractivity contribution in [1.29, 1.82) is 0 Å². The van der Waals surface area contributed by atoms with Gasteiger partial charge in [0.05, 0.1) is 18.6 Å². The topological polar surface area (TPSA) is 114 Å². The monoisotopic (exact) mass is 487 g/mol. The van der Waals surface area contributed by atoms with Gasteiger partial charge in [0.15, 0.2) is 0 Å². The van der Waals surface area contributed by atoms with Crippen molar-refractivity contribution < 1.29 is 38.0 Å². The van der Waals surface area contributed by atoms with E-state index in [4.69, 9.17) is 4.74 Å². The number of nitrogens with zero attached hydrogens (tertiary/aromatic N) is 1. The molecule has 32 heavy (non-hydrogen) atoms. The van der Waals surface area contributed by atoms with Crippen LogP contribution in [0.3, 0.4) is 0 Å². The number of likely N-dealkylation sites (tertiary alicyclic amines) is 1. The first kappa shape index (κ1) is 27.6. The Morgan fingerprint density at radius 1 is 1.25 bits per heavy atom. The smallest absolute Gasteiger partial charge is 0.388 e. The molecule has 0 spiro atoms. The molecule has 0 aliphatic carbocycles. The lowest BCUT2D eigenvalue weighted by molar-refractivity contribution is -0.207. The van der Waals surface area contributed by atoms with Crippen molar-refractivity contribution in [2.24, 2.45) is 5.92 Å². The van der Waals surface area contributed by atoms with Gasteiger partial charge in [-0.3, -0.25) is 9.69 Å². The maximum absolute atomic E-state index is 13.1. The van der Waals surface area contributed by atoms with Crippen molar-refractivity contribution in [1.82, 2.24) is 15.5 Å². The van der Waals surface area contributed by atoms with Crippen molar-refractivity contribution in [3.63, 3.8) is 0 Å². The molecule has 2 aliphatic rings. The number of carbonyl (C=O) groups excluding carboxylic acids is 1. The van der Waals surface area contributed by atoms with Gasteiger partial charge in [0, 0.05) is 12.6 Å². The van der Waals surface area contributed by atoms with Crippen molar-refractivity contribution in [2.75, 3.05) is 26.4 Å². The summed E-state index contributed by atoms with van der Waals surface area (Å²) < 4.78 is 44.1. The Labute approximate surface area is 191 Å². The van der Waals surface area contributed by atoms with E-state index in [1.807, 2.05) is 11.9 Å². The summed E-state index contributed by atoms with van der Waals surface area (Å²) in [5.41, 5.74) is -0.907. The number of alkyl halides is 3. The van der Waals surface area contributed by atoms with E-state index >= 15 is 0 Å². The first-order valence-electron chi connectivity index (χ1n) is 10.9. The largest absolute Gasteiger partial charge is 0.401 e. The first-order chi connectivity index (χ1) is 14.9. The molecule has 0 aromatic heterocycles. The number of rotatable bonds is 9. The van der Waals surface area contributed by atoms with Gasteiger partial charge < -0.3 is 30.7 Å². The van der Waals surface area contributed by atoms with Crippen LogP contribution in [-0.2, 0) is 9.53 Å². The summed E-state index contributed by atoms with van der Waals surface area (Å²) in [6, 6.07) is -2.46. The molecule has 0 saturated carbocycles. The van der Waals surface area contributed by atoms with Crippen molar-refractivity contribution in [3.05, 3.63) is 0 Å². The quantitative estimate of drug-likeness (QED) is 0.316. The van der Waals surface area contributed by atoms with E-state index in [0.717, 1.165) is 31.1 Å². The van der Waals surface area contributed by atoms with Crippen molar-refractivity contribution >= 4 is 17.7 Å². The summed E-state index contributed by atoms with van der Waals surface area (Å²) >= 11 is 1.10. The van der Waals surface area contributed by atoms with Crippen LogP contribution in [-0.4, -0.2) is 107 Å². The van der Waals surface area contributed by atoms with E-state index in [9.17, 15) is 33.3 Å². The van der Waals surface area contributed by atoms with E-state index in [-0.39, 0.29) is 5.91 Å². The number of nitrogens with one attached hydrogen (secondary N) is 2. The Kier molecular flexibility index (Phi) is 10.1. The third kappa shape index (κ3) is 6.94. The number of likely N-dealkylation sites (N-methyl/N-ethyl adjacent to an activating group) is 1.